The van der Waals surface area contributed by atoms with Gasteiger partial charge in [0.2, 0.25) is 0 Å². The fraction of sp³-hybridized carbons (Fsp3) is 0.500. The summed E-state index contributed by atoms with van der Waals surface area (Å²) in [6.45, 7) is 4.33. The standard InChI is InChI=1S/C12H15BrClN/c1-8-4-9(8)6-15-7-10-5-11(14)2-3-12(10)13/h2-3,5,8-9,15H,4,6-7H2,1H3. The molecule has 0 heterocycles. The molecule has 2 unspecified atom stereocenters. The fourth-order valence-corrected chi connectivity index (χ4v) is 2.34. The molecule has 0 amide bonds. The van der Waals surface area contributed by atoms with Crippen molar-refractivity contribution in [3.05, 3.63) is 33.3 Å². The van der Waals surface area contributed by atoms with E-state index in [1.807, 2.05) is 18.2 Å². The lowest BCUT2D eigenvalue weighted by Gasteiger charge is -2.06. The Morgan fingerprint density at radius 3 is 2.93 bits per heavy atom. The molecule has 1 nitrogen and oxygen atoms in total. The summed E-state index contributed by atoms with van der Waals surface area (Å²) in [7, 11) is 0. The highest BCUT2D eigenvalue weighted by Crippen LogP contribution is 2.36. The average molecular weight is 289 g/mol. The van der Waals surface area contributed by atoms with Gasteiger partial charge in [-0.05, 0) is 48.6 Å². The van der Waals surface area contributed by atoms with Crippen molar-refractivity contribution in [3.8, 4) is 0 Å². The van der Waals surface area contributed by atoms with Crippen LogP contribution in [0.4, 0.5) is 0 Å². The third-order valence-electron chi connectivity index (χ3n) is 3.01. The summed E-state index contributed by atoms with van der Waals surface area (Å²) in [5.41, 5.74) is 1.23. The summed E-state index contributed by atoms with van der Waals surface area (Å²) in [5, 5.41) is 4.27. The van der Waals surface area contributed by atoms with Gasteiger partial charge in [0.05, 0.1) is 0 Å². The molecule has 3 heteroatoms. The summed E-state index contributed by atoms with van der Waals surface area (Å²) >= 11 is 9.47. The van der Waals surface area contributed by atoms with Crippen LogP contribution in [-0.2, 0) is 6.54 Å². The Balaban J connectivity index is 1.84. The molecular formula is C12H15BrClN. The lowest BCUT2D eigenvalue weighted by Crippen LogP contribution is -2.17. The monoisotopic (exact) mass is 287 g/mol. The molecule has 1 saturated carbocycles. The molecule has 0 saturated heterocycles. The van der Waals surface area contributed by atoms with E-state index in [1.54, 1.807) is 0 Å². The van der Waals surface area contributed by atoms with Crippen LogP contribution in [0.2, 0.25) is 5.02 Å². The Hall–Kier alpha value is -0.0500. The number of hydrogen-bond donors (Lipinski definition) is 1. The van der Waals surface area contributed by atoms with Gasteiger partial charge in [0, 0.05) is 16.0 Å². The van der Waals surface area contributed by atoms with E-state index in [-0.39, 0.29) is 0 Å². The van der Waals surface area contributed by atoms with E-state index >= 15 is 0 Å². The topological polar surface area (TPSA) is 12.0 Å². The summed E-state index contributed by atoms with van der Waals surface area (Å²) in [6, 6.07) is 5.91. The maximum absolute atomic E-state index is 5.95. The summed E-state index contributed by atoms with van der Waals surface area (Å²) in [4.78, 5) is 0. The molecule has 0 radical (unpaired) electrons. The van der Waals surface area contributed by atoms with E-state index in [2.05, 4.69) is 28.2 Å². The van der Waals surface area contributed by atoms with Gasteiger partial charge >= 0.3 is 0 Å². The third-order valence-corrected chi connectivity index (χ3v) is 4.01. The summed E-state index contributed by atoms with van der Waals surface area (Å²) in [5.74, 6) is 1.81. The molecule has 1 aromatic rings. The first-order valence-corrected chi connectivity index (χ1v) is 6.48. The number of benzene rings is 1. The van der Waals surface area contributed by atoms with Gasteiger partial charge in [0.25, 0.3) is 0 Å². The Bertz CT molecular complexity index is 353. The maximum atomic E-state index is 5.95. The Morgan fingerprint density at radius 1 is 1.53 bits per heavy atom. The first kappa shape index (κ1) is 11.4. The van der Waals surface area contributed by atoms with Gasteiger partial charge in [-0.25, -0.2) is 0 Å². The van der Waals surface area contributed by atoms with Crippen LogP contribution in [0.1, 0.15) is 18.9 Å². The predicted octanol–water partition coefficient (Wildman–Crippen LogP) is 3.85. The zero-order valence-corrected chi connectivity index (χ0v) is 11.1. The molecule has 1 N–H and O–H groups in total. The zero-order valence-electron chi connectivity index (χ0n) is 8.76. The van der Waals surface area contributed by atoms with E-state index in [0.717, 1.165) is 34.4 Å². The molecular weight excluding hydrogens is 273 g/mol. The molecule has 0 aromatic heterocycles. The van der Waals surface area contributed by atoms with Crippen LogP contribution in [-0.4, -0.2) is 6.54 Å². The van der Waals surface area contributed by atoms with Crippen molar-refractivity contribution in [2.75, 3.05) is 6.54 Å². The molecule has 0 spiro atoms. The molecule has 1 aliphatic carbocycles. The number of nitrogens with one attached hydrogen (secondary N) is 1. The van der Waals surface area contributed by atoms with Crippen molar-refractivity contribution < 1.29 is 0 Å². The van der Waals surface area contributed by atoms with Gasteiger partial charge in [-0.15, -0.1) is 0 Å². The van der Waals surface area contributed by atoms with Crippen LogP contribution in [0.25, 0.3) is 0 Å². The molecule has 0 bridgehead atoms. The van der Waals surface area contributed by atoms with Crippen molar-refractivity contribution in [3.63, 3.8) is 0 Å². The Morgan fingerprint density at radius 2 is 2.27 bits per heavy atom. The second-order valence-electron chi connectivity index (χ2n) is 4.34. The summed E-state index contributed by atoms with van der Waals surface area (Å²) in [6.07, 6.45) is 1.38. The van der Waals surface area contributed by atoms with Gasteiger partial charge in [0.15, 0.2) is 0 Å². The lowest BCUT2D eigenvalue weighted by molar-refractivity contribution is 0.611. The molecule has 1 fully saturated rings. The number of halogens is 2. The fourth-order valence-electron chi connectivity index (χ4n) is 1.75. The minimum atomic E-state index is 0.801. The van der Waals surface area contributed by atoms with Gasteiger partial charge in [-0.3, -0.25) is 0 Å². The van der Waals surface area contributed by atoms with Crippen molar-refractivity contribution in [1.82, 2.24) is 5.32 Å². The number of hydrogen-bond acceptors (Lipinski definition) is 1. The number of rotatable bonds is 4. The van der Waals surface area contributed by atoms with Crippen LogP contribution in [0.15, 0.2) is 22.7 Å². The molecule has 2 atom stereocenters. The maximum Gasteiger partial charge on any atom is 0.0410 e. The molecule has 1 aromatic carbocycles. The van der Waals surface area contributed by atoms with Gasteiger partial charge in [0.1, 0.15) is 0 Å². The van der Waals surface area contributed by atoms with E-state index in [0.29, 0.717) is 0 Å². The van der Waals surface area contributed by atoms with Crippen LogP contribution >= 0.6 is 27.5 Å². The lowest BCUT2D eigenvalue weighted by atomic mass is 10.2. The van der Waals surface area contributed by atoms with Crippen LogP contribution in [0.5, 0.6) is 0 Å². The van der Waals surface area contributed by atoms with Crippen LogP contribution < -0.4 is 5.32 Å². The van der Waals surface area contributed by atoms with Crippen LogP contribution in [0, 0.1) is 11.8 Å². The normalized spacial score (nSPS) is 24.2. The first-order valence-electron chi connectivity index (χ1n) is 5.31. The average Bonchev–Trinajstić information content (AvgIpc) is 2.88. The highest BCUT2D eigenvalue weighted by molar-refractivity contribution is 9.10. The minimum Gasteiger partial charge on any atom is -0.312 e. The molecule has 1 aliphatic rings. The highest BCUT2D eigenvalue weighted by Gasteiger charge is 2.31. The largest absolute Gasteiger partial charge is 0.312 e. The highest BCUT2D eigenvalue weighted by atomic mass is 79.9. The van der Waals surface area contributed by atoms with Gasteiger partial charge in [-0.2, -0.15) is 0 Å². The van der Waals surface area contributed by atoms with Gasteiger partial charge in [-0.1, -0.05) is 34.5 Å². The van der Waals surface area contributed by atoms with Crippen molar-refractivity contribution in [2.24, 2.45) is 11.8 Å². The Kier molecular flexibility index (Phi) is 3.70. The molecule has 15 heavy (non-hydrogen) atoms. The Labute approximate surface area is 104 Å². The molecule has 2 rings (SSSR count). The third kappa shape index (κ3) is 3.20. The SMILES string of the molecule is CC1CC1CNCc1cc(Cl)ccc1Br. The zero-order chi connectivity index (χ0) is 10.8. The van der Waals surface area contributed by atoms with E-state index in [9.17, 15) is 0 Å². The van der Waals surface area contributed by atoms with E-state index < -0.39 is 0 Å². The van der Waals surface area contributed by atoms with E-state index in [1.165, 1.54) is 12.0 Å². The second-order valence-corrected chi connectivity index (χ2v) is 5.63. The molecule has 0 aliphatic heterocycles. The van der Waals surface area contributed by atoms with Crippen molar-refractivity contribution in [2.45, 2.75) is 19.9 Å². The van der Waals surface area contributed by atoms with Crippen LogP contribution in [0.3, 0.4) is 0 Å². The first-order chi connectivity index (χ1) is 7.16. The molecule has 82 valence electrons. The quantitative estimate of drug-likeness (QED) is 0.887. The van der Waals surface area contributed by atoms with E-state index in [4.69, 9.17) is 11.6 Å². The smallest absolute Gasteiger partial charge is 0.0410 e. The summed E-state index contributed by atoms with van der Waals surface area (Å²) < 4.78 is 1.13. The van der Waals surface area contributed by atoms with Crippen molar-refractivity contribution in [1.29, 1.82) is 0 Å². The van der Waals surface area contributed by atoms with Gasteiger partial charge < -0.3 is 5.32 Å². The minimum absolute atomic E-state index is 0.801. The predicted molar refractivity (Wildman–Crippen MR) is 68.1 cm³/mol. The second kappa shape index (κ2) is 4.86. The van der Waals surface area contributed by atoms with Crippen molar-refractivity contribution >= 4 is 27.5 Å².